The van der Waals surface area contributed by atoms with E-state index >= 15 is 0 Å². The topological polar surface area (TPSA) is 58.9 Å². The van der Waals surface area contributed by atoms with Crippen LogP contribution in [0.25, 0.3) is 0 Å². The summed E-state index contributed by atoms with van der Waals surface area (Å²) in [7, 11) is 0. The molecule has 4 nitrogen and oxygen atoms in total. The van der Waals surface area contributed by atoms with Crippen molar-refractivity contribution < 1.29 is 13.0 Å². The molecule has 2 rings (SSSR count). The van der Waals surface area contributed by atoms with Gasteiger partial charge in [-0.15, -0.1) is 0 Å². The molecule has 0 aromatic heterocycles. The molecule has 2 aromatic carbocycles. The van der Waals surface area contributed by atoms with Gasteiger partial charge in [0.15, 0.2) is 0 Å². The molecule has 0 radical (unpaired) electrons. The maximum absolute atomic E-state index is 14.1. The number of hydrogen-bond acceptors (Lipinski definition) is 4. The van der Waals surface area contributed by atoms with E-state index in [1.165, 1.54) is 0 Å². The van der Waals surface area contributed by atoms with E-state index < -0.39 is 24.8 Å². The van der Waals surface area contributed by atoms with E-state index in [2.05, 4.69) is 68.4 Å². The normalized spacial score (nSPS) is 13.5. The molecular weight excluding hydrogens is 613 g/mol. The second-order valence-electron chi connectivity index (χ2n) is 13.9. The van der Waals surface area contributed by atoms with Crippen molar-refractivity contribution in [3.63, 3.8) is 0 Å². The first-order valence-corrected chi connectivity index (χ1v) is 23.2. The Morgan fingerprint density at radius 2 is 1.41 bits per heavy atom. The number of carbonyl (C=O) groups is 1. The van der Waals surface area contributed by atoms with Crippen LogP contribution in [0.15, 0.2) is 47.5 Å². The van der Waals surface area contributed by atoms with Crippen molar-refractivity contribution in [1.29, 1.82) is 0 Å². The van der Waals surface area contributed by atoms with Crippen LogP contribution < -0.4 is 0 Å². The molecule has 0 saturated carbocycles. The molecule has 0 aliphatic heterocycles. The monoisotopic (exact) mass is 671 g/mol. The molecule has 0 fully saturated rings. The van der Waals surface area contributed by atoms with E-state index in [1.807, 2.05) is 36.4 Å². The first kappa shape index (κ1) is 35.4. The van der Waals surface area contributed by atoms with Gasteiger partial charge in [0.25, 0.3) is 0 Å². The van der Waals surface area contributed by atoms with Gasteiger partial charge in [-0.2, -0.15) is 0 Å². The Morgan fingerprint density at radius 1 is 0.878 bits per heavy atom. The van der Waals surface area contributed by atoms with Gasteiger partial charge in [-0.25, -0.2) is 0 Å². The van der Waals surface area contributed by atoms with Crippen LogP contribution in [0.2, 0.25) is 13.3 Å². The molecule has 0 spiro atoms. The second-order valence-corrected chi connectivity index (χ2v) is 25.5. The first-order valence-electron chi connectivity index (χ1n) is 15.9. The summed E-state index contributed by atoms with van der Waals surface area (Å²) in [4.78, 5) is 19.0. The molecular formula is C36H57NO3Sn. The van der Waals surface area contributed by atoms with Crippen LogP contribution >= 0.6 is 0 Å². The second kappa shape index (κ2) is 16.1. The third-order valence-electron chi connectivity index (χ3n) is 8.03. The average Bonchev–Trinajstić information content (AvgIpc) is 2.91. The average molecular weight is 671 g/mol. The van der Waals surface area contributed by atoms with Crippen molar-refractivity contribution in [3.05, 3.63) is 64.7 Å². The quantitative estimate of drug-likeness (QED) is 0.152. The van der Waals surface area contributed by atoms with E-state index in [9.17, 15) is 9.90 Å². The Balaban J connectivity index is 2.56. The standard InChI is InChI=1S/C24H31NO3.3C4H9.Sn/c1-23(2,3)18-13-17(21(26)19(14-18)24(4,5)6)15-25-20(22(27)28)12-16-10-8-7-9-11-16;3*1-3-4-2;/h7-11,13-15,20,26H,12H2,1-6H3,(H,27,28);3*1,3-4H2,2H3;/q;;;;+1/p-1/t20-;;;;/m0..../s1. The number of aliphatic imine (C=N–C) groups is 1. The summed E-state index contributed by atoms with van der Waals surface area (Å²) in [5.41, 5.74) is 3.42. The summed E-state index contributed by atoms with van der Waals surface area (Å²) < 4.78 is 10.0. The number of aromatic hydroxyl groups is 1. The fourth-order valence-corrected chi connectivity index (χ4v) is 18.4. The van der Waals surface area contributed by atoms with E-state index in [4.69, 9.17) is 8.07 Å². The molecule has 1 atom stereocenters. The molecule has 0 aliphatic rings. The fourth-order valence-electron chi connectivity index (χ4n) is 5.27. The number of unbranched alkanes of at least 4 members (excludes halogenated alkanes) is 3. The zero-order valence-electron chi connectivity index (χ0n) is 27.5. The summed E-state index contributed by atoms with van der Waals surface area (Å²) >= 11 is -3.19. The van der Waals surface area contributed by atoms with Gasteiger partial charge in [0.05, 0.1) is 0 Å². The summed E-state index contributed by atoms with van der Waals surface area (Å²) in [6.07, 6.45) is 8.97. The Morgan fingerprint density at radius 3 is 1.88 bits per heavy atom. The van der Waals surface area contributed by atoms with E-state index in [1.54, 1.807) is 6.21 Å². The summed E-state index contributed by atoms with van der Waals surface area (Å²) in [5, 5.41) is 11.3. The van der Waals surface area contributed by atoms with Gasteiger partial charge in [0.1, 0.15) is 0 Å². The predicted molar refractivity (Wildman–Crippen MR) is 178 cm³/mol. The molecule has 0 unspecified atom stereocenters. The summed E-state index contributed by atoms with van der Waals surface area (Å²) in [6, 6.07) is 13.6. The molecule has 1 N–H and O–H groups in total. The van der Waals surface area contributed by atoms with E-state index in [0.29, 0.717) is 12.0 Å². The van der Waals surface area contributed by atoms with Crippen LogP contribution in [0.3, 0.4) is 0 Å². The SMILES string of the molecule is CCC[CH2][Sn]([CH2]CCC)([CH2]CCC)[O]C(=O)[C@H](Cc1ccccc1)N=Cc1cc(C(C)(C)C)cc(C(C)(C)C)c1O. The third kappa shape index (κ3) is 11.1. The minimum absolute atomic E-state index is 0.0927. The van der Waals surface area contributed by atoms with Crippen LogP contribution in [0.5, 0.6) is 5.75 Å². The van der Waals surface area contributed by atoms with Crippen LogP contribution in [0, 0.1) is 0 Å². The van der Waals surface area contributed by atoms with Gasteiger partial charge < -0.3 is 0 Å². The molecule has 0 heterocycles. The molecule has 0 amide bonds. The van der Waals surface area contributed by atoms with Crippen molar-refractivity contribution in [3.8, 4) is 5.75 Å². The predicted octanol–water partition coefficient (Wildman–Crippen LogP) is 9.91. The Labute approximate surface area is 255 Å². The summed E-state index contributed by atoms with van der Waals surface area (Å²) in [5.74, 6) is 0.0650. The van der Waals surface area contributed by atoms with Crippen LogP contribution in [0.4, 0.5) is 0 Å². The van der Waals surface area contributed by atoms with Crippen molar-refractivity contribution in [2.24, 2.45) is 4.99 Å². The number of phenols is 1. The maximum atomic E-state index is 14.1. The number of phenolic OH excluding ortho intramolecular Hbond substituents is 1. The zero-order valence-corrected chi connectivity index (χ0v) is 30.3. The van der Waals surface area contributed by atoms with Gasteiger partial charge in [0.2, 0.25) is 0 Å². The first-order chi connectivity index (χ1) is 19.3. The van der Waals surface area contributed by atoms with Crippen molar-refractivity contribution in [2.75, 3.05) is 0 Å². The molecule has 228 valence electrons. The number of nitrogens with zero attached hydrogens (tertiary/aromatic N) is 1. The molecule has 0 bridgehead atoms. The van der Waals surface area contributed by atoms with Gasteiger partial charge in [-0.1, -0.05) is 0 Å². The number of rotatable bonds is 15. The van der Waals surface area contributed by atoms with Gasteiger partial charge in [0, 0.05) is 0 Å². The van der Waals surface area contributed by atoms with Crippen LogP contribution in [0.1, 0.15) is 123 Å². The fraction of sp³-hybridized carbons (Fsp3) is 0.611. The zero-order chi connectivity index (χ0) is 30.7. The summed E-state index contributed by atoms with van der Waals surface area (Å²) in [6.45, 7) is 19.6. The Bertz CT molecular complexity index is 1090. The van der Waals surface area contributed by atoms with Crippen molar-refractivity contribution in [2.45, 2.75) is 137 Å². The van der Waals surface area contributed by atoms with E-state index in [0.717, 1.165) is 68.5 Å². The Kier molecular flexibility index (Phi) is 13.9. The molecule has 0 aliphatic carbocycles. The minimum atomic E-state index is -3.19. The molecule has 41 heavy (non-hydrogen) atoms. The van der Waals surface area contributed by atoms with Gasteiger partial charge in [-0.05, 0) is 0 Å². The number of benzene rings is 2. The van der Waals surface area contributed by atoms with Crippen molar-refractivity contribution in [1.82, 2.24) is 0 Å². The number of hydrogen-bond donors (Lipinski definition) is 1. The molecule has 0 saturated heterocycles. The number of carbonyl (C=O) groups excluding carboxylic acids is 1. The van der Waals surface area contributed by atoms with E-state index in [-0.39, 0.29) is 22.5 Å². The molecule has 2 aromatic rings. The van der Waals surface area contributed by atoms with Crippen LogP contribution in [-0.4, -0.2) is 42.1 Å². The van der Waals surface area contributed by atoms with Crippen LogP contribution in [-0.2, 0) is 25.1 Å². The Hall–Kier alpha value is -1.82. The van der Waals surface area contributed by atoms with Crippen molar-refractivity contribution >= 4 is 31.0 Å². The molecule has 5 heteroatoms. The van der Waals surface area contributed by atoms with Gasteiger partial charge in [-0.3, -0.25) is 0 Å². The van der Waals surface area contributed by atoms with Gasteiger partial charge >= 0.3 is 257 Å². The third-order valence-corrected chi connectivity index (χ3v) is 20.7.